The van der Waals surface area contributed by atoms with Crippen LogP contribution in [0.25, 0.3) is 0 Å². The summed E-state index contributed by atoms with van der Waals surface area (Å²) in [7, 11) is 0. The molecule has 0 unspecified atom stereocenters. The van der Waals surface area contributed by atoms with Crippen molar-refractivity contribution >= 4 is 11.9 Å². The lowest BCUT2D eigenvalue weighted by molar-refractivity contribution is -0.140. The van der Waals surface area contributed by atoms with Gasteiger partial charge in [-0.25, -0.2) is 0 Å². The third-order valence-corrected chi connectivity index (χ3v) is 3.24. The molecular formula is C12H22N2O3. The van der Waals surface area contributed by atoms with Crippen LogP contribution in [0.5, 0.6) is 0 Å². The zero-order valence-corrected chi connectivity index (χ0v) is 10.8. The lowest BCUT2D eigenvalue weighted by atomic mass is 9.85. The Morgan fingerprint density at radius 1 is 1.41 bits per heavy atom. The Labute approximate surface area is 102 Å². The van der Waals surface area contributed by atoms with Crippen molar-refractivity contribution < 1.29 is 14.7 Å². The zero-order chi connectivity index (χ0) is 13.0. The Kier molecular flexibility index (Phi) is 4.93. The highest BCUT2D eigenvalue weighted by Gasteiger charge is 2.34. The van der Waals surface area contributed by atoms with Gasteiger partial charge in [-0.15, -0.1) is 0 Å². The van der Waals surface area contributed by atoms with E-state index in [2.05, 4.69) is 5.32 Å². The molecule has 1 aliphatic carbocycles. The van der Waals surface area contributed by atoms with E-state index in [0.717, 1.165) is 19.4 Å². The number of likely N-dealkylation sites (N-methyl/N-ethyl adjacent to an activating group) is 1. The summed E-state index contributed by atoms with van der Waals surface area (Å²) >= 11 is 0. The Hall–Kier alpha value is -1.10. The molecular weight excluding hydrogens is 220 g/mol. The van der Waals surface area contributed by atoms with Crippen LogP contribution >= 0.6 is 0 Å². The van der Waals surface area contributed by atoms with Gasteiger partial charge in [0.1, 0.15) is 0 Å². The molecule has 0 bridgehead atoms. The van der Waals surface area contributed by atoms with E-state index in [1.165, 1.54) is 0 Å². The number of carboxylic acids is 1. The van der Waals surface area contributed by atoms with Crippen LogP contribution in [-0.4, -0.2) is 47.1 Å². The Bertz CT molecular complexity index is 285. The lowest BCUT2D eigenvalue weighted by Crippen LogP contribution is -2.55. The summed E-state index contributed by atoms with van der Waals surface area (Å²) < 4.78 is 0. The van der Waals surface area contributed by atoms with Crippen LogP contribution < -0.4 is 5.32 Å². The van der Waals surface area contributed by atoms with Crippen LogP contribution in [-0.2, 0) is 9.59 Å². The zero-order valence-electron chi connectivity index (χ0n) is 10.8. The summed E-state index contributed by atoms with van der Waals surface area (Å²) in [4.78, 5) is 24.0. The van der Waals surface area contributed by atoms with Gasteiger partial charge in [-0.2, -0.15) is 0 Å². The Balaban J connectivity index is 2.30. The second-order valence-electron chi connectivity index (χ2n) is 4.94. The number of aliphatic carboxylic acids is 1. The third-order valence-electron chi connectivity index (χ3n) is 3.24. The number of hydrogen-bond donors (Lipinski definition) is 2. The molecule has 0 saturated heterocycles. The Morgan fingerprint density at radius 3 is 2.41 bits per heavy atom. The highest BCUT2D eigenvalue weighted by atomic mass is 16.4. The average Bonchev–Trinajstić information content (AvgIpc) is 2.19. The van der Waals surface area contributed by atoms with Gasteiger partial charge in [0, 0.05) is 18.0 Å². The second-order valence-corrected chi connectivity index (χ2v) is 4.94. The SMILES string of the molecule is CCN(CC(=O)O)C1CC(NC(=O)C(C)C)C1. The molecule has 5 heteroatoms. The molecule has 0 heterocycles. The number of amides is 1. The smallest absolute Gasteiger partial charge is 0.317 e. The Morgan fingerprint density at radius 2 is 2.00 bits per heavy atom. The van der Waals surface area contributed by atoms with Crippen LogP contribution in [0.3, 0.4) is 0 Å². The monoisotopic (exact) mass is 242 g/mol. The molecule has 17 heavy (non-hydrogen) atoms. The summed E-state index contributed by atoms with van der Waals surface area (Å²) in [6.07, 6.45) is 1.72. The van der Waals surface area contributed by atoms with Gasteiger partial charge in [0.15, 0.2) is 0 Å². The molecule has 0 aromatic heterocycles. The molecule has 98 valence electrons. The molecule has 0 atom stereocenters. The van der Waals surface area contributed by atoms with Crippen LogP contribution in [0.15, 0.2) is 0 Å². The molecule has 5 nitrogen and oxygen atoms in total. The average molecular weight is 242 g/mol. The van der Waals surface area contributed by atoms with Gasteiger partial charge in [0.25, 0.3) is 0 Å². The molecule has 0 aromatic carbocycles. The van der Waals surface area contributed by atoms with E-state index in [-0.39, 0.29) is 24.4 Å². The maximum absolute atomic E-state index is 11.5. The van der Waals surface area contributed by atoms with Crippen molar-refractivity contribution in [2.45, 2.75) is 45.7 Å². The van der Waals surface area contributed by atoms with E-state index >= 15 is 0 Å². The van der Waals surface area contributed by atoms with Crippen LogP contribution in [0.2, 0.25) is 0 Å². The summed E-state index contributed by atoms with van der Waals surface area (Å²) in [6.45, 7) is 6.53. The van der Waals surface area contributed by atoms with E-state index in [0.29, 0.717) is 6.04 Å². The first kappa shape index (κ1) is 14.0. The first-order chi connectivity index (χ1) is 7.93. The van der Waals surface area contributed by atoms with E-state index in [1.54, 1.807) is 0 Å². The molecule has 1 rings (SSSR count). The van der Waals surface area contributed by atoms with Crippen molar-refractivity contribution in [2.24, 2.45) is 5.92 Å². The highest BCUT2D eigenvalue weighted by Crippen LogP contribution is 2.25. The van der Waals surface area contributed by atoms with Crippen LogP contribution in [0, 0.1) is 5.92 Å². The highest BCUT2D eigenvalue weighted by molar-refractivity contribution is 5.78. The number of carbonyl (C=O) groups excluding carboxylic acids is 1. The molecule has 1 fully saturated rings. The molecule has 0 radical (unpaired) electrons. The van der Waals surface area contributed by atoms with Gasteiger partial charge in [-0.3, -0.25) is 14.5 Å². The molecule has 2 N–H and O–H groups in total. The van der Waals surface area contributed by atoms with Crippen molar-refractivity contribution in [2.75, 3.05) is 13.1 Å². The van der Waals surface area contributed by atoms with E-state index < -0.39 is 5.97 Å². The molecule has 0 spiro atoms. The van der Waals surface area contributed by atoms with Gasteiger partial charge in [-0.05, 0) is 19.4 Å². The van der Waals surface area contributed by atoms with Crippen molar-refractivity contribution in [1.82, 2.24) is 10.2 Å². The van der Waals surface area contributed by atoms with Gasteiger partial charge < -0.3 is 10.4 Å². The summed E-state index contributed by atoms with van der Waals surface area (Å²) in [6, 6.07) is 0.520. The topological polar surface area (TPSA) is 69.6 Å². The van der Waals surface area contributed by atoms with Gasteiger partial charge in [-0.1, -0.05) is 20.8 Å². The number of nitrogens with one attached hydrogen (secondary N) is 1. The maximum atomic E-state index is 11.5. The first-order valence-electron chi connectivity index (χ1n) is 6.20. The fourth-order valence-corrected chi connectivity index (χ4v) is 2.04. The minimum Gasteiger partial charge on any atom is -0.480 e. The first-order valence-corrected chi connectivity index (χ1v) is 6.20. The van der Waals surface area contributed by atoms with Crippen molar-refractivity contribution in [1.29, 1.82) is 0 Å². The largest absolute Gasteiger partial charge is 0.480 e. The molecule has 1 aliphatic rings. The van der Waals surface area contributed by atoms with Gasteiger partial charge in [0.2, 0.25) is 5.91 Å². The van der Waals surface area contributed by atoms with E-state index in [9.17, 15) is 9.59 Å². The lowest BCUT2D eigenvalue weighted by Gasteiger charge is -2.42. The fourth-order valence-electron chi connectivity index (χ4n) is 2.04. The van der Waals surface area contributed by atoms with Crippen molar-refractivity contribution in [3.63, 3.8) is 0 Å². The van der Waals surface area contributed by atoms with Gasteiger partial charge in [0.05, 0.1) is 6.54 Å². The van der Waals surface area contributed by atoms with E-state index in [4.69, 9.17) is 5.11 Å². The summed E-state index contributed by atoms with van der Waals surface area (Å²) in [5, 5.41) is 11.7. The van der Waals surface area contributed by atoms with E-state index in [1.807, 2.05) is 25.7 Å². The standard InChI is InChI=1S/C12H22N2O3/c1-4-14(7-11(15)16)10-5-9(6-10)13-12(17)8(2)3/h8-10H,4-7H2,1-3H3,(H,13,17)(H,15,16). The number of carboxylic acid groups (broad SMARTS) is 1. The fraction of sp³-hybridized carbons (Fsp3) is 0.833. The number of nitrogens with zero attached hydrogens (tertiary/aromatic N) is 1. The van der Waals surface area contributed by atoms with Crippen LogP contribution in [0.4, 0.5) is 0 Å². The van der Waals surface area contributed by atoms with Crippen molar-refractivity contribution in [3.05, 3.63) is 0 Å². The number of carbonyl (C=O) groups is 2. The maximum Gasteiger partial charge on any atom is 0.317 e. The summed E-state index contributed by atoms with van der Waals surface area (Å²) in [5.74, 6) is -0.702. The predicted molar refractivity (Wildman–Crippen MR) is 64.7 cm³/mol. The molecule has 1 saturated carbocycles. The number of hydrogen-bond acceptors (Lipinski definition) is 3. The quantitative estimate of drug-likeness (QED) is 0.719. The molecule has 0 aromatic rings. The summed E-state index contributed by atoms with van der Waals surface area (Å²) in [5.41, 5.74) is 0. The minimum absolute atomic E-state index is 0.00958. The normalized spacial score (nSPS) is 23.6. The second kappa shape index (κ2) is 6.00. The molecule has 1 amide bonds. The number of rotatable bonds is 6. The predicted octanol–water partition coefficient (Wildman–Crippen LogP) is 0.696. The van der Waals surface area contributed by atoms with Crippen LogP contribution in [0.1, 0.15) is 33.6 Å². The van der Waals surface area contributed by atoms with Gasteiger partial charge >= 0.3 is 5.97 Å². The van der Waals surface area contributed by atoms with Crippen molar-refractivity contribution in [3.8, 4) is 0 Å². The minimum atomic E-state index is -0.790. The third kappa shape index (κ3) is 4.00. The molecule has 0 aliphatic heterocycles.